The highest BCUT2D eigenvalue weighted by atomic mass is 16.5. The fraction of sp³-hybridized carbons (Fsp3) is 0.500. The van der Waals surface area contributed by atoms with Crippen LogP contribution in [-0.2, 0) is 6.42 Å². The van der Waals surface area contributed by atoms with Gasteiger partial charge in [-0.05, 0) is 43.5 Å². The van der Waals surface area contributed by atoms with Crippen LogP contribution in [0.15, 0.2) is 24.3 Å². The molecule has 15 heavy (non-hydrogen) atoms. The van der Waals surface area contributed by atoms with Crippen LogP contribution in [0, 0.1) is 0 Å². The number of benzene rings is 1. The van der Waals surface area contributed by atoms with Crippen LogP contribution in [0.1, 0.15) is 18.4 Å². The molecule has 1 aromatic rings. The van der Waals surface area contributed by atoms with Gasteiger partial charge in [-0.15, -0.1) is 0 Å². The van der Waals surface area contributed by atoms with Crippen molar-refractivity contribution in [2.75, 3.05) is 19.8 Å². The number of aliphatic hydroxyl groups is 1. The molecule has 0 saturated carbocycles. The predicted octanol–water partition coefficient (Wildman–Crippen LogP) is 1.34. The van der Waals surface area contributed by atoms with E-state index in [1.54, 1.807) is 0 Å². The summed E-state index contributed by atoms with van der Waals surface area (Å²) in [5.41, 5.74) is 6.60. The normalized spacial score (nSPS) is 10.3. The van der Waals surface area contributed by atoms with Crippen LogP contribution in [0.4, 0.5) is 0 Å². The molecule has 0 heterocycles. The quantitative estimate of drug-likeness (QED) is 0.666. The first-order chi connectivity index (χ1) is 7.36. The van der Waals surface area contributed by atoms with Gasteiger partial charge in [0.2, 0.25) is 0 Å². The minimum atomic E-state index is 0.245. The summed E-state index contributed by atoms with van der Waals surface area (Å²) in [7, 11) is 0. The zero-order valence-electron chi connectivity index (χ0n) is 8.98. The van der Waals surface area contributed by atoms with E-state index in [1.807, 2.05) is 24.3 Å². The predicted molar refractivity (Wildman–Crippen MR) is 61.0 cm³/mol. The van der Waals surface area contributed by atoms with Gasteiger partial charge in [-0.3, -0.25) is 0 Å². The molecule has 3 nitrogen and oxygen atoms in total. The molecular formula is C12H19NO2. The van der Waals surface area contributed by atoms with Gasteiger partial charge >= 0.3 is 0 Å². The van der Waals surface area contributed by atoms with Crippen molar-refractivity contribution in [3.8, 4) is 5.75 Å². The molecule has 0 fully saturated rings. The molecule has 0 radical (unpaired) electrons. The summed E-state index contributed by atoms with van der Waals surface area (Å²) in [4.78, 5) is 0. The average molecular weight is 209 g/mol. The molecule has 84 valence electrons. The molecule has 0 spiro atoms. The van der Waals surface area contributed by atoms with Crippen molar-refractivity contribution in [2.45, 2.75) is 19.3 Å². The van der Waals surface area contributed by atoms with Crippen molar-refractivity contribution in [3.05, 3.63) is 29.8 Å². The molecule has 0 bridgehead atoms. The lowest BCUT2D eigenvalue weighted by molar-refractivity contribution is 0.288. The van der Waals surface area contributed by atoms with Gasteiger partial charge in [-0.25, -0.2) is 0 Å². The third kappa shape index (κ3) is 4.81. The Hall–Kier alpha value is -1.06. The number of nitrogens with two attached hydrogens (primary N) is 1. The molecule has 0 amide bonds. The third-order valence-corrected chi connectivity index (χ3v) is 2.16. The van der Waals surface area contributed by atoms with Gasteiger partial charge in [0.1, 0.15) is 5.75 Å². The van der Waals surface area contributed by atoms with Crippen molar-refractivity contribution in [1.29, 1.82) is 0 Å². The Morgan fingerprint density at radius 1 is 1.13 bits per heavy atom. The van der Waals surface area contributed by atoms with Gasteiger partial charge in [0.05, 0.1) is 6.61 Å². The summed E-state index contributed by atoms with van der Waals surface area (Å²) in [6.07, 6.45) is 2.61. The fourth-order valence-electron chi connectivity index (χ4n) is 1.31. The van der Waals surface area contributed by atoms with Gasteiger partial charge < -0.3 is 15.6 Å². The molecule has 0 atom stereocenters. The lowest BCUT2D eigenvalue weighted by atomic mass is 10.1. The minimum absolute atomic E-state index is 0.245. The van der Waals surface area contributed by atoms with Crippen molar-refractivity contribution in [1.82, 2.24) is 0 Å². The van der Waals surface area contributed by atoms with Gasteiger partial charge in [0.15, 0.2) is 0 Å². The summed E-state index contributed by atoms with van der Waals surface area (Å²) in [5.74, 6) is 0.885. The van der Waals surface area contributed by atoms with Gasteiger partial charge in [-0.1, -0.05) is 12.1 Å². The maximum absolute atomic E-state index is 8.69. The van der Waals surface area contributed by atoms with Crippen LogP contribution in [0.25, 0.3) is 0 Å². The lowest BCUT2D eigenvalue weighted by Gasteiger charge is -2.06. The second-order valence-corrected chi connectivity index (χ2v) is 3.46. The average Bonchev–Trinajstić information content (AvgIpc) is 2.28. The summed E-state index contributed by atoms with van der Waals surface area (Å²) in [6, 6.07) is 7.99. The number of hydrogen-bond donors (Lipinski definition) is 2. The summed E-state index contributed by atoms with van der Waals surface area (Å²) >= 11 is 0. The molecule has 0 aliphatic rings. The highest BCUT2D eigenvalue weighted by molar-refractivity contribution is 5.27. The SMILES string of the molecule is NCCCOc1ccc(CCCO)cc1. The second kappa shape index (κ2) is 7.26. The Kier molecular flexibility index (Phi) is 5.81. The monoisotopic (exact) mass is 209 g/mol. The van der Waals surface area contributed by atoms with E-state index in [0.29, 0.717) is 13.2 Å². The van der Waals surface area contributed by atoms with Crippen molar-refractivity contribution in [3.63, 3.8) is 0 Å². The molecule has 0 saturated heterocycles. The van der Waals surface area contributed by atoms with E-state index >= 15 is 0 Å². The lowest BCUT2D eigenvalue weighted by Crippen LogP contribution is -2.06. The summed E-state index contributed by atoms with van der Waals surface area (Å²) in [6.45, 7) is 1.58. The molecule has 3 N–H and O–H groups in total. The number of aliphatic hydroxyl groups excluding tert-OH is 1. The number of rotatable bonds is 7. The molecule has 0 aliphatic carbocycles. The Bertz CT molecular complexity index is 259. The van der Waals surface area contributed by atoms with Crippen molar-refractivity contribution >= 4 is 0 Å². The van der Waals surface area contributed by atoms with Crippen LogP contribution in [0.5, 0.6) is 5.75 Å². The zero-order valence-corrected chi connectivity index (χ0v) is 8.98. The van der Waals surface area contributed by atoms with Crippen LogP contribution in [-0.4, -0.2) is 24.9 Å². The molecular weight excluding hydrogens is 190 g/mol. The number of aryl methyl sites for hydroxylation is 1. The number of ether oxygens (including phenoxy) is 1. The molecule has 0 aromatic heterocycles. The largest absolute Gasteiger partial charge is 0.494 e. The van der Waals surface area contributed by atoms with Crippen LogP contribution < -0.4 is 10.5 Å². The first-order valence-electron chi connectivity index (χ1n) is 5.39. The maximum Gasteiger partial charge on any atom is 0.119 e. The van der Waals surface area contributed by atoms with E-state index in [4.69, 9.17) is 15.6 Å². The first kappa shape index (κ1) is 12.0. The summed E-state index contributed by atoms with van der Waals surface area (Å²) in [5, 5.41) is 8.69. The Labute approximate surface area is 90.9 Å². The fourth-order valence-corrected chi connectivity index (χ4v) is 1.31. The van der Waals surface area contributed by atoms with Gasteiger partial charge in [0, 0.05) is 6.61 Å². The zero-order chi connectivity index (χ0) is 10.9. The number of hydrogen-bond acceptors (Lipinski definition) is 3. The Balaban J connectivity index is 2.35. The smallest absolute Gasteiger partial charge is 0.119 e. The van der Waals surface area contributed by atoms with Crippen molar-refractivity contribution < 1.29 is 9.84 Å². The minimum Gasteiger partial charge on any atom is -0.494 e. The molecule has 0 unspecified atom stereocenters. The van der Waals surface area contributed by atoms with Crippen LogP contribution >= 0.6 is 0 Å². The molecule has 1 rings (SSSR count). The van der Waals surface area contributed by atoms with Crippen LogP contribution in [0.3, 0.4) is 0 Å². The molecule has 0 aliphatic heterocycles. The van der Waals surface area contributed by atoms with E-state index in [-0.39, 0.29) is 6.61 Å². The van der Waals surface area contributed by atoms with E-state index in [0.717, 1.165) is 25.0 Å². The highest BCUT2D eigenvalue weighted by Gasteiger charge is 1.95. The molecule has 1 aromatic carbocycles. The van der Waals surface area contributed by atoms with E-state index in [1.165, 1.54) is 5.56 Å². The first-order valence-corrected chi connectivity index (χ1v) is 5.39. The topological polar surface area (TPSA) is 55.5 Å². The third-order valence-electron chi connectivity index (χ3n) is 2.16. The maximum atomic E-state index is 8.69. The van der Waals surface area contributed by atoms with Crippen molar-refractivity contribution in [2.24, 2.45) is 5.73 Å². The van der Waals surface area contributed by atoms with E-state index in [2.05, 4.69) is 0 Å². The van der Waals surface area contributed by atoms with E-state index < -0.39 is 0 Å². The molecule has 3 heteroatoms. The van der Waals surface area contributed by atoms with E-state index in [9.17, 15) is 0 Å². The summed E-state index contributed by atoms with van der Waals surface area (Å²) < 4.78 is 5.48. The second-order valence-electron chi connectivity index (χ2n) is 3.46. The Morgan fingerprint density at radius 3 is 2.47 bits per heavy atom. The highest BCUT2D eigenvalue weighted by Crippen LogP contribution is 2.13. The standard InChI is InChI=1S/C12H19NO2/c13-8-2-10-15-12-6-4-11(5-7-12)3-1-9-14/h4-7,14H,1-3,8-10,13H2. The van der Waals surface area contributed by atoms with Gasteiger partial charge in [0.25, 0.3) is 0 Å². The Morgan fingerprint density at radius 2 is 1.87 bits per heavy atom. The van der Waals surface area contributed by atoms with Crippen LogP contribution in [0.2, 0.25) is 0 Å². The van der Waals surface area contributed by atoms with Gasteiger partial charge in [-0.2, -0.15) is 0 Å².